The van der Waals surface area contributed by atoms with E-state index < -0.39 is 26.8 Å². The van der Waals surface area contributed by atoms with Crippen molar-refractivity contribution in [2.75, 3.05) is 13.7 Å². The Morgan fingerprint density at radius 1 is 1.03 bits per heavy atom. The number of amides is 1. The van der Waals surface area contributed by atoms with Crippen LogP contribution in [0, 0.1) is 11.3 Å². The average Bonchev–Trinajstić information content (AvgIpc) is 2.71. The number of alkyl halides is 3. The lowest BCUT2D eigenvalue weighted by atomic mass is 9.91. The summed E-state index contributed by atoms with van der Waals surface area (Å²) >= 11 is 0. The van der Waals surface area contributed by atoms with E-state index in [4.69, 9.17) is 8.92 Å². The Morgan fingerprint density at radius 2 is 1.69 bits per heavy atom. The Bertz CT molecular complexity index is 1140. The van der Waals surface area contributed by atoms with Crippen molar-refractivity contribution in [1.82, 2.24) is 4.90 Å². The Hall–Kier alpha value is -2.75. The van der Waals surface area contributed by atoms with Crippen molar-refractivity contribution < 1.29 is 35.3 Å². The van der Waals surface area contributed by atoms with Gasteiger partial charge in [-0.05, 0) is 47.2 Å². The van der Waals surface area contributed by atoms with Crippen LogP contribution in [0.5, 0.6) is 11.5 Å². The number of ether oxygens (including phenoxy) is 1. The van der Waals surface area contributed by atoms with E-state index in [9.17, 15) is 26.4 Å². The molecule has 0 N–H and O–H groups in total. The van der Waals surface area contributed by atoms with Crippen LogP contribution in [0.25, 0.3) is 0 Å². The van der Waals surface area contributed by atoms with Crippen LogP contribution in [0.2, 0.25) is 0 Å². The summed E-state index contributed by atoms with van der Waals surface area (Å²) in [5.74, 6) is 0.0613. The van der Waals surface area contributed by atoms with Gasteiger partial charge in [-0.3, -0.25) is 4.79 Å². The van der Waals surface area contributed by atoms with Gasteiger partial charge in [0.2, 0.25) is 5.91 Å². The molecule has 1 amide bonds. The van der Waals surface area contributed by atoms with Crippen molar-refractivity contribution in [2.24, 2.45) is 11.3 Å². The summed E-state index contributed by atoms with van der Waals surface area (Å²) in [6, 6.07) is 7.91. The van der Waals surface area contributed by atoms with Crippen molar-refractivity contribution >= 4 is 16.0 Å². The predicted octanol–water partition coefficient (Wildman–Crippen LogP) is 5.90. The van der Waals surface area contributed by atoms with Crippen LogP contribution in [0.1, 0.15) is 52.2 Å². The zero-order chi connectivity index (χ0) is 26.6. The van der Waals surface area contributed by atoms with Gasteiger partial charge in [0.25, 0.3) is 0 Å². The summed E-state index contributed by atoms with van der Waals surface area (Å²) in [5, 5.41) is 0. The summed E-state index contributed by atoms with van der Waals surface area (Å²) in [6.07, 6.45) is -4.37. The van der Waals surface area contributed by atoms with Gasteiger partial charge in [-0.25, -0.2) is 0 Å². The van der Waals surface area contributed by atoms with Crippen molar-refractivity contribution in [3.63, 3.8) is 0 Å². The molecule has 194 valence electrons. The molecule has 0 bridgehead atoms. The van der Waals surface area contributed by atoms with E-state index >= 15 is 0 Å². The number of hydrogen-bond donors (Lipinski definition) is 0. The second-order valence-corrected chi connectivity index (χ2v) is 11.5. The van der Waals surface area contributed by atoms with E-state index in [1.807, 2.05) is 34.6 Å². The maximum Gasteiger partial charge on any atom is 0.416 e. The molecule has 2 aromatic rings. The number of hydrogen-bond acceptors (Lipinski definition) is 5. The topological polar surface area (TPSA) is 72.9 Å². The minimum absolute atomic E-state index is 0.0407. The molecule has 0 spiro atoms. The Balaban J connectivity index is 2.37. The molecule has 10 heteroatoms. The van der Waals surface area contributed by atoms with Crippen molar-refractivity contribution in [3.8, 4) is 11.5 Å². The summed E-state index contributed by atoms with van der Waals surface area (Å²) in [6.45, 7) is 10.6. The number of methoxy groups -OCH3 is 1. The zero-order valence-corrected chi connectivity index (χ0v) is 21.6. The van der Waals surface area contributed by atoms with Gasteiger partial charge in [0, 0.05) is 19.5 Å². The zero-order valence-electron chi connectivity index (χ0n) is 20.8. The van der Waals surface area contributed by atoms with E-state index in [-0.39, 0.29) is 35.3 Å². The van der Waals surface area contributed by atoms with E-state index in [2.05, 4.69) is 0 Å². The molecule has 0 aliphatic carbocycles. The van der Waals surface area contributed by atoms with Crippen LogP contribution < -0.4 is 8.92 Å². The van der Waals surface area contributed by atoms with E-state index in [0.717, 1.165) is 18.2 Å². The number of rotatable bonds is 9. The van der Waals surface area contributed by atoms with Crippen molar-refractivity contribution in [1.29, 1.82) is 0 Å². The van der Waals surface area contributed by atoms with E-state index in [1.165, 1.54) is 19.2 Å². The van der Waals surface area contributed by atoms with Gasteiger partial charge >= 0.3 is 16.3 Å². The predicted molar refractivity (Wildman–Crippen MR) is 127 cm³/mol. The molecule has 0 aliphatic rings. The Morgan fingerprint density at radius 3 is 2.23 bits per heavy atom. The van der Waals surface area contributed by atoms with Gasteiger partial charge in [-0.1, -0.05) is 46.8 Å². The SMILES string of the molecule is COc1ccc(CN(CC(C)C)C(=O)CC(C)(C)C)cc1OS(=O)(=O)c1cccc(C(F)(F)F)c1. The molecule has 0 saturated heterocycles. The molecule has 2 aromatic carbocycles. The van der Waals surface area contributed by atoms with E-state index in [1.54, 1.807) is 11.0 Å². The van der Waals surface area contributed by atoms with Crippen LogP contribution in [-0.2, 0) is 27.6 Å². The molecule has 0 unspecified atom stereocenters. The molecule has 6 nitrogen and oxygen atoms in total. The summed E-state index contributed by atoms with van der Waals surface area (Å²) < 4.78 is 75.1. The minimum atomic E-state index is -4.71. The van der Waals surface area contributed by atoms with Crippen molar-refractivity contribution in [3.05, 3.63) is 53.6 Å². The Kier molecular flexibility index (Phi) is 8.86. The van der Waals surface area contributed by atoms with E-state index in [0.29, 0.717) is 24.6 Å². The first-order chi connectivity index (χ1) is 16.0. The minimum Gasteiger partial charge on any atom is -0.493 e. The van der Waals surface area contributed by atoms with Gasteiger partial charge in [0.15, 0.2) is 11.5 Å². The van der Waals surface area contributed by atoms with Gasteiger partial charge < -0.3 is 13.8 Å². The maximum atomic E-state index is 13.0. The fourth-order valence-corrected chi connectivity index (χ4v) is 4.34. The van der Waals surface area contributed by atoms with Crippen LogP contribution >= 0.6 is 0 Å². The third kappa shape index (κ3) is 8.45. The normalized spacial score (nSPS) is 12.5. The lowest BCUT2D eigenvalue weighted by molar-refractivity contribution is -0.137. The first-order valence-corrected chi connectivity index (χ1v) is 12.5. The molecule has 0 saturated carbocycles. The number of halogens is 3. The number of carbonyl (C=O) groups excluding carboxylic acids is 1. The first kappa shape index (κ1) is 28.5. The molecular weight excluding hydrogens is 483 g/mol. The molecular formula is C25H32F3NO5S. The largest absolute Gasteiger partial charge is 0.493 e. The fourth-order valence-electron chi connectivity index (χ4n) is 3.36. The van der Waals surface area contributed by atoms with Gasteiger partial charge in [0.05, 0.1) is 12.7 Å². The number of carbonyl (C=O) groups is 1. The highest BCUT2D eigenvalue weighted by Crippen LogP contribution is 2.34. The second kappa shape index (κ2) is 10.9. The highest BCUT2D eigenvalue weighted by molar-refractivity contribution is 7.87. The third-order valence-electron chi connectivity index (χ3n) is 4.87. The van der Waals surface area contributed by atoms with Gasteiger partial charge in [-0.2, -0.15) is 21.6 Å². The molecule has 35 heavy (non-hydrogen) atoms. The highest BCUT2D eigenvalue weighted by atomic mass is 32.2. The summed E-state index contributed by atoms with van der Waals surface area (Å²) in [4.78, 5) is 14.0. The van der Waals surface area contributed by atoms with Gasteiger partial charge in [0.1, 0.15) is 4.90 Å². The van der Waals surface area contributed by atoms with Crippen LogP contribution in [-0.4, -0.2) is 32.9 Å². The standard InChI is InChI=1S/C25H32F3NO5S/c1-17(2)15-29(23(30)14-24(3,4)5)16-18-10-11-21(33-6)22(12-18)34-35(31,32)20-9-7-8-19(13-20)25(26,27)28/h7-13,17H,14-16H2,1-6H3. The molecule has 0 atom stereocenters. The highest BCUT2D eigenvalue weighted by Gasteiger charge is 2.32. The monoisotopic (exact) mass is 515 g/mol. The molecule has 2 rings (SSSR count). The average molecular weight is 516 g/mol. The third-order valence-corrected chi connectivity index (χ3v) is 6.10. The maximum absolute atomic E-state index is 13.0. The van der Waals surface area contributed by atoms with Crippen LogP contribution in [0.3, 0.4) is 0 Å². The summed E-state index contributed by atoms with van der Waals surface area (Å²) in [7, 11) is -3.28. The smallest absolute Gasteiger partial charge is 0.416 e. The lowest BCUT2D eigenvalue weighted by Gasteiger charge is -2.28. The lowest BCUT2D eigenvalue weighted by Crippen LogP contribution is -2.35. The quantitative estimate of drug-likeness (QED) is 0.389. The molecule has 0 aliphatic heterocycles. The first-order valence-electron chi connectivity index (χ1n) is 11.1. The molecule has 0 heterocycles. The number of benzene rings is 2. The second-order valence-electron chi connectivity index (χ2n) is 9.95. The summed E-state index contributed by atoms with van der Waals surface area (Å²) in [5.41, 5.74) is -0.730. The van der Waals surface area contributed by atoms with Gasteiger partial charge in [-0.15, -0.1) is 0 Å². The molecule has 0 radical (unpaired) electrons. The van der Waals surface area contributed by atoms with Crippen LogP contribution in [0.15, 0.2) is 47.4 Å². The van der Waals surface area contributed by atoms with Crippen LogP contribution in [0.4, 0.5) is 13.2 Å². The molecule has 0 aromatic heterocycles. The Labute approximate surface area is 205 Å². The number of nitrogens with zero attached hydrogens (tertiary/aromatic N) is 1. The van der Waals surface area contributed by atoms with Crippen molar-refractivity contribution in [2.45, 2.75) is 58.7 Å². The molecule has 0 fully saturated rings. The fraction of sp³-hybridized carbons (Fsp3) is 0.480.